The molecule has 0 bridgehead atoms. The van der Waals surface area contributed by atoms with Gasteiger partial charge in [0, 0.05) is 13.0 Å². The van der Waals surface area contributed by atoms with E-state index in [-0.39, 0.29) is 25.3 Å². The van der Waals surface area contributed by atoms with Crippen LogP contribution in [0.25, 0.3) is 0 Å². The van der Waals surface area contributed by atoms with Gasteiger partial charge in [-0.3, -0.25) is 4.79 Å². The van der Waals surface area contributed by atoms with E-state index in [0.717, 1.165) is 4.90 Å². The average Bonchev–Trinajstić information content (AvgIpc) is 2.52. The molecule has 1 fully saturated rings. The summed E-state index contributed by atoms with van der Waals surface area (Å²) in [7, 11) is 0. The highest BCUT2D eigenvalue weighted by molar-refractivity contribution is 5.79. The van der Waals surface area contributed by atoms with Crippen molar-refractivity contribution in [2.45, 2.75) is 24.6 Å². The summed E-state index contributed by atoms with van der Waals surface area (Å²) in [4.78, 5) is 24.2. The Kier molecular flexibility index (Phi) is 5.25. The van der Waals surface area contributed by atoms with Crippen LogP contribution in [0, 0.1) is 0 Å². The molecule has 0 aromatic heterocycles. The van der Waals surface area contributed by atoms with Gasteiger partial charge in [-0.2, -0.15) is 13.2 Å². The molecular formula is C15H16F3NO4. The Hall–Kier alpha value is -2.09. The van der Waals surface area contributed by atoms with Crippen LogP contribution < -0.4 is 0 Å². The molecule has 0 radical (unpaired) electrons. The van der Waals surface area contributed by atoms with E-state index in [1.165, 1.54) is 24.3 Å². The predicted octanol–water partition coefficient (Wildman–Crippen LogP) is 2.03. The molecule has 0 unspecified atom stereocenters. The number of carbonyl (C=O) groups is 2. The predicted molar refractivity (Wildman–Crippen MR) is 73.8 cm³/mol. The molecule has 1 aromatic rings. The lowest BCUT2D eigenvalue weighted by molar-refractivity contribution is -0.167. The van der Waals surface area contributed by atoms with E-state index >= 15 is 0 Å². The third-order valence-electron chi connectivity index (χ3n) is 3.67. The number of aliphatic carboxylic acids is 1. The minimum absolute atomic E-state index is 0.00920. The number of halogens is 3. The molecule has 1 aromatic carbocycles. The summed E-state index contributed by atoms with van der Waals surface area (Å²) < 4.78 is 44.7. The van der Waals surface area contributed by atoms with Gasteiger partial charge in [0.25, 0.3) is 0 Å². The van der Waals surface area contributed by atoms with Crippen molar-refractivity contribution >= 4 is 11.9 Å². The van der Waals surface area contributed by atoms with Gasteiger partial charge < -0.3 is 14.7 Å². The summed E-state index contributed by atoms with van der Waals surface area (Å²) in [6.07, 6.45) is -6.51. The molecule has 1 amide bonds. The smallest absolute Gasteiger partial charge is 0.396 e. The Morgan fingerprint density at radius 1 is 1.30 bits per heavy atom. The Morgan fingerprint density at radius 3 is 2.52 bits per heavy atom. The number of carboxylic acids is 1. The first kappa shape index (κ1) is 17.3. The van der Waals surface area contributed by atoms with Crippen LogP contribution in [0.4, 0.5) is 13.2 Å². The van der Waals surface area contributed by atoms with E-state index in [1.54, 1.807) is 6.07 Å². The Bertz CT molecular complexity index is 562. The van der Waals surface area contributed by atoms with Crippen molar-refractivity contribution in [1.29, 1.82) is 0 Å². The zero-order valence-corrected chi connectivity index (χ0v) is 12.1. The van der Waals surface area contributed by atoms with Gasteiger partial charge in [-0.05, 0) is 5.56 Å². The number of ether oxygens (including phenoxy) is 1. The lowest BCUT2D eigenvalue weighted by Crippen LogP contribution is -2.49. The highest BCUT2D eigenvalue weighted by Gasteiger charge is 2.43. The first-order chi connectivity index (χ1) is 10.8. The summed E-state index contributed by atoms with van der Waals surface area (Å²) in [5.41, 5.74) is 0.0106. The van der Waals surface area contributed by atoms with Crippen molar-refractivity contribution in [3.63, 3.8) is 0 Å². The molecule has 8 heteroatoms. The molecule has 5 nitrogen and oxygen atoms in total. The van der Waals surface area contributed by atoms with Gasteiger partial charge in [0.05, 0.1) is 19.1 Å². The summed E-state index contributed by atoms with van der Waals surface area (Å²) >= 11 is 0. The van der Waals surface area contributed by atoms with Crippen LogP contribution in [0.1, 0.15) is 17.9 Å². The number of hydrogen-bond donors (Lipinski definition) is 1. The van der Waals surface area contributed by atoms with Gasteiger partial charge in [0.1, 0.15) is 0 Å². The van der Waals surface area contributed by atoms with Crippen LogP contribution in [-0.2, 0) is 14.3 Å². The maximum Gasteiger partial charge on any atom is 0.396 e. The van der Waals surface area contributed by atoms with Crippen LogP contribution in [0.15, 0.2) is 30.3 Å². The third kappa shape index (κ3) is 4.44. The summed E-state index contributed by atoms with van der Waals surface area (Å²) in [6, 6.07) is 7.20. The molecule has 1 saturated heterocycles. The largest absolute Gasteiger partial charge is 0.479 e. The highest BCUT2D eigenvalue weighted by atomic mass is 19.4. The molecule has 0 spiro atoms. The van der Waals surface area contributed by atoms with Crippen molar-refractivity contribution < 1.29 is 32.6 Å². The van der Waals surface area contributed by atoms with Crippen LogP contribution >= 0.6 is 0 Å². The molecule has 1 N–H and O–H groups in total. The first-order valence-electron chi connectivity index (χ1n) is 7.03. The summed E-state index contributed by atoms with van der Waals surface area (Å²) in [5, 5.41) is 8.88. The number of benzene rings is 1. The summed E-state index contributed by atoms with van der Waals surface area (Å²) in [5.74, 6) is -3.88. The maximum atomic E-state index is 13.2. The molecule has 2 rings (SSSR count). The molecule has 23 heavy (non-hydrogen) atoms. The molecule has 2 atom stereocenters. The fraction of sp³-hybridized carbons (Fsp3) is 0.467. The minimum Gasteiger partial charge on any atom is -0.479 e. The molecule has 1 heterocycles. The third-order valence-corrected chi connectivity index (χ3v) is 3.67. The zero-order chi connectivity index (χ0) is 17.0. The lowest BCUT2D eigenvalue weighted by atomic mass is 9.94. The SMILES string of the molecule is O=C(O)[C@H]1CN(C(=O)C[C@@H](c2ccccc2)C(F)(F)F)CCO1. The van der Waals surface area contributed by atoms with E-state index < -0.39 is 36.5 Å². The minimum atomic E-state index is -4.56. The van der Waals surface area contributed by atoms with Crippen molar-refractivity contribution in [3.05, 3.63) is 35.9 Å². The van der Waals surface area contributed by atoms with E-state index in [1.807, 2.05) is 0 Å². The fourth-order valence-corrected chi connectivity index (χ4v) is 2.44. The molecule has 126 valence electrons. The van der Waals surface area contributed by atoms with E-state index in [4.69, 9.17) is 9.84 Å². The number of nitrogens with zero attached hydrogens (tertiary/aromatic N) is 1. The Balaban J connectivity index is 2.10. The van der Waals surface area contributed by atoms with Gasteiger partial charge >= 0.3 is 12.1 Å². The van der Waals surface area contributed by atoms with Crippen molar-refractivity contribution in [2.75, 3.05) is 19.7 Å². The fourth-order valence-electron chi connectivity index (χ4n) is 2.44. The Labute approximate surface area is 130 Å². The maximum absolute atomic E-state index is 13.2. The standard InChI is InChI=1S/C15H16F3NO4/c16-15(17,18)11(10-4-2-1-3-5-10)8-13(20)19-6-7-23-12(9-19)14(21)22/h1-5,11-12H,6-9H2,(H,21,22)/t11-,12+/m0/s1. The molecule has 1 aliphatic rings. The number of carboxylic acid groups (broad SMARTS) is 1. The number of alkyl halides is 3. The normalized spacial score (nSPS) is 20.1. The number of amides is 1. The molecular weight excluding hydrogens is 315 g/mol. The number of morpholine rings is 1. The van der Waals surface area contributed by atoms with E-state index in [9.17, 15) is 22.8 Å². The van der Waals surface area contributed by atoms with Crippen LogP contribution in [-0.4, -0.2) is 53.9 Å². The Morgan fingerprint density at radius 2 is 1.96 bits per heavy atom. The second-order valence-electron chi connectivity index (χ2n) is 5.25. The van der Waals surface area contributed by atoms with Crippen LogP contribution in [0.2, 0.25) is 0 Å². The van der Waals surface area contributed by atoms with Crippen molar-refractivity contribution in [1.82, 2.24) is 4.90 Å². The van der Waals surface area contributed by atoms with E-state index in [2.05, 4.69) is 0 Å². The average molecular weight is 331 g/mol. The monoisotopic (exact) mass is 331 g/mol. The first-order valence-corrected chi connectivity index (χ1v) is 7.03. The zero-order valence-electron chi connectivity index (χ0n) is 12.1. The quantitative estimate of drug-likeness (QED) is 0.917. The second kappa shape index (κ2) is 6.99. The number of carbonyl (C=O) groups excluding carboxylic acids is 1. The van der Waals surface area contributed by atoms with Gasteiger partial charge in [-0.15, -0.1) is 0 Å². The number of rotatable bonds is 4. The number of hydrogen-bond acceptors (Lipinski definition) is 3. The van der Waals surface area contributed by atoms with Crippen molar-refractivity contribution in [2.24, 2.45) is 0 Å². The van der Waals surface area contributed by atoms with Gasteiger partial charge in [0.2, 0.25) is 5.91 Å². The second-order valence-corrected chi connectivity index (χ2v) is 5.25. The molecule has 0 saturated carbocycles. The molecule has 1 aliphatic heterocycles. The molecule has 0 aliphatic carbocycles. The van der Waals surface area contributed by atoms with E-state index in [0.29, 0.717) is 0 Å². The topological polar surface area (TPSA) is 66.8 Å². The van der Waals surface area contributed by atoms with Gasteiger partial charge in [-0.1, -0.05) is 30.3 Å². The summed E-state index contributed by atoms with van der Waals surface area (Å²) in [6.45, 7) is -0.166. The van der Waals surface area contributed by atoms with Gasteiger partial charge in [0.15, 0.2) is 6.10 Å². The highest BCUT2D eigenvalue weighted by Crippen LogP contribution is 2.37. The van der Waals surface area contributed by atoms with Crippen molar-refractivity contribution in [3.8, 4) is 0 Å². The lowest BCUT2D eigenvalue weighted by Gasteiger charge is -2.32. The van der Waals surface area contributed by atoms with Crippen LogP contribution in [0.3, 0.4) is 0 Å². The van der Waals surface area contributed by atoms with Gasteiger partial charge in [-0.25, -0.2) is 4.79 Å². The van der Waals surface area contributed by atoms with Crippen LogP contribution in [0.5, 0.6) is 0 Å².